The molecule has 0 aliphatic carbocycles. The van der Waals surface area contributed by atoms with Gasteiger partial charge in [0.25, 0.3) is 0 Å². The summed E-state index contributed by atoms with van der Waals surface area (Å²) in [5.41, 5.74) is -0.606. The monoisotopic (exact) mass is 463 g/mol. The maximum absolute atomic E-state index is 12.7. The van der Waals surface area contributed by atoms with Crippen molar-refractivity contribution in [1.29, 1.82) is 0 Å². The van der Waals surface area contributed by atoms with Crippen LogP contribution in [0.1, 0.15) is 26.3 Å². The molecule has 0 aliphatic heterocycles. The number of anilines is 1. The highest BCUT2D eigenvalue weighted by molar-refractivity contribution is 7.92. The van der Waals surface area contributed by atoms with E-state index in [4.69, 9.17) is 16.3 Å². The molecule has 0 bridgehead atoms. The molecule has 30 heavy (non-hydrogen) atoms. The highest BCUT2D eigenvalue weighted by Crippen LogP contribution is 2.35. The molecule has 0 aliphatic rings. The number of alkyl halides is 3. The molecule has 2 aromatic carbocycles. The summed E-state index contributed by atoms with van der Waals surface area (Å²) in [4.78, 5) is 12.1. The summed E-state index contributed by atoms with van der Waals surface area (Å²) in [6.45, 7) is 4.42. The van der Waals surface area contributed by atoms with E-state index >= 15 is 0 Å². The molecule has 0 unspecified atom stereocenters. The van der Waals surface area contributed by atoms with Gasteiger partial charge in [-0.1, -0.05) is 29.8 Å². The molecule has 0 aromatic heterocycles. The van der Waals surface area contributed by atoms with E-state index in [9.17, 15) is 26.4 Å². The SMILES string of the molecule is CC(C)(C)OC(=O)CN(c1ccc(-c2ccc(C(F)(F)F)cc2)c(Cl)c1)S(C)(=O)=O. The Labute approximate surface area is 178 Å². The highest BCUT2D eigenvalue weighted by Gasteiger charge is 2.30. The smallest absolute Gasteiger partial charge is 0.416 e. The second-order valence-electron chi connectivity index (χ2n) is 7.60. The van der Waals surface area contributed by atoms with E-state index in [1.165, 1.54) is 30.3 Å². The van der Waals surface area contributed by atoms with Crippen LogP contribution in [0.3, 0.4) is 0 Å². The lowest BCUT2D eigenvalue weighted by atomic mass is 10.0. The fourth-order valence-corrected chi connectivity index (χ4v) is 3.74. The number of ether oxygens (including phenoxy) is 1. The molecule has 0 saturated heterocycles. The Bertz CT molecular complexity index is 1030. The molecule has 2 aromatic rings. The van der Waals surface area contributed by atoms with Crippen molar-refractivity contribution >= 4 is 33.3 Å². The van der Waals surface area contributed by atoms with E-state index in [-0.39, 0.29) is 10.7 Å². The Morgan fingerprint density at radius 1 is 1.07 bits per heavy atom. The molecular weight excluding hydrogens is 443 g/mol. The summed E-state index contributed by atoms with van der Waals surface area (Å²) >= 11 is 6.27. The van der Waals surface area contributed by atoms with Crippen LogP contribution in [0.4, 0.5) is 18.9 Å². The highest BCUT2D eigenvalue weighted by atomic mass is 35.5. The van der Waals surface area contributed by atoms with Crippen LogP contribution in [0.5, 0.6) is 0 Å². The quantitative estimate of drug-likeness (QED) is 0.576. The fraction of sp³-hybridized carbons (Fsp3) is 0.350. The summed E-state index contributed by atoms with van der Waals surface area (Å²) in [5, 5.41) is 0.116. The molecule has 0 amide bonds. The maximum Gasteiger partial charge on any atom is 0.416 e. The number of hydrogen-bond donors (Lipinski definition) is 0. The molecule has 0 spiro atoms. The summed E-state index contributed by atoms with van der Waals surface area (Å²) in [6.07, 6.45) is -3.52. The minimum Gasteiger partial charge on any atom is -0.459 e. The van der Waals surface area contributed by atoms with Crippen molar-refractivity contribution in [1.82, 2.24) is 0 Å². The number of hydrogen-bond acceptors (Lipinski definition) is 4. The lowest BCUT2D eigenvalue weighted by Gasteiger charge is -2.25. The van der Waals surface area contributed by atoms with E-state index in [2.05, 4.69) is 0 Å². The Morgan fingerprint density at radius 3 is 2.07 bits per heavy atom. The second kappa shape index (κ2) is 8.47. The van der Waals surface area contributed by atoms with Crippen molar-refractivity contribution in [2.24, 2.45) is 0 Å². The molecule has 5 nitrogen and oxygen atoms in total. The molecule has 0 N–H and O–H groups in total. The predicted octanol–water partition coefficient (Wildman–Crippen LogP) is 5.13. The number of rotatable bonds is 5. The Morgan fingerprint density at radius 2 is 1.63 bits per heavy atom. The second-order valence-corrected chi connectivity index (χ2v) is 9.91. The number of benzene rings is 2. The zero-order chi connectivity index (χ0) is 22.9. The third kappa shape index (κ3) is 6.37. The predicted molar refractivity (Wildman–Crippen MR) is 110 cm³/mol. The van der Waals surface area contributed by atoms with Crippen molar-refractivity contribution in [3.8, 4) is 11.1 Å². The number of halogens is 4. The molecule has 0 atom stereocenters. The van der Waals surface area contributed by atoms with Crippen molar-refractivity contribution < 1.29 is 31.1 Å². The maximum atomic E-state index is 12.7. The van der Waals surface area contributed by atoms with Gasteiger partial charge in [0.1, 0.15) is 12.1 Å². The Kier molecular flexibility index (Phi) is 6.78. The Balaban J connectivity index is 2.36. The van der Waals surface area contributed by atoms with Gasteiger partial charge < -0.3 is 4.74 Å². The van der Waals surface area contributed by atoms with Crippen LogP contribution in [-0.4, -0.2) is 32.8 Å². The van der Waals surface area contributed by atoms with Gasteiger partial charge in [-0.15, -0.1) is 0 Å². The summed E-state index contributed by atoms with van der Waals surface area (Å²) in [5.74, 6) is -0.740. The lowest BCUT2D eigenvalue weighted by molar-refractivity contribution is -0.152. The van der Waals surface area contributed by atoms with E-state index in [1.54, 1.807) is 20.8 Å². The van der Waals surface area contributed by atoms with E-state index in [0.29, 0.717) is 11.1 Å². The molecule has 164 valence electrons. The largest absolute Gasteiger partial charge is 0.459 e. The summed E-state index contributed by atoms with van der Waals surface area (Å²) < 4.78 is 68.6. The van der Waals surface area contributed by atoms with Gasteiger partial charge in [0.15, 0.2) is 0 Å². The molecular formula is C20H21ClF3NO4S. The Hall–Kier alpha value is -2.26. The van der Waals surface area contributed by atoms with E-state index < -0.39 is 39.9 Å². The number of sulfonamides is 1. The van der Waals surface area contributed by atoms with Gasteiger partial charge in [-0.05, 0) is 50.6 Å². The number of esters is 1. The molecule has 0 fully saturated rings. The van der Waals surface area contributed by atoms with Gasteiger partial charge in [-0.2, -0.15) is 13.2 Å². The standard InChI is InChI=1S/C20H21ClF3NO4S/c1-19(2,3)29-18(26)12-25(30(4,27)28)15-9-10-16(17(21)11-15)13-5-7-14(8-6-13)20(22,23)24/h5-11H,12H2,1-4H3. The van der Waals surface area contributed by atoms with Crippen LogP contribution in [0, 0.1) is 0 Å². The zero-order valence-corrected chi connectivity index (χ0v) is 18.3. The fourth-order valence-electron chi connectivity index (χ4n) is 2.62. The van der Waals surface area contributed by atoms with Crippen LogP contribution in [0.2, 0.25) is 5.02 Å². The minimum absolute atomic E-state index is 0.116. The molecule has 0 radical (unpaired) electrons. The molecule has 0 heterocycles. The lowest BCUT2D eigenvalue weighted by Crippen LogP contribution is -2.38. The number of carbonyl (C=O) groups is 1. The number of carbonyl (C=O) groups excluding carboxylic acids is 1. The first-order chi connectivity index (χ1) is 13.6. The van der Waals surface area contributed by atoms with Crippen LogP contribution in [0.15, 0.2) is 42.5 Å². The van der Waals surface area contributed by atoms with Crippen LogP contribution in [-0.2, 0) is 25.7 Å². The van der Waals surface area contributed by atoms with Gasteiger partial charge in [0.05, 0.1) is 22.5 Å². The number of nitrogens with zero attached hydrogens (tertiary/aromatic N) is 1. The first-order valence-corrected chi connectivity index (χ1v) is 11.0. The molecule has 2 rings (SSSR count). The van der Waals surface area contributed by atoms with Gasteiger partial charge in [0.2, 0.25) is 10.0 Å². The third-order valence-corrected chi connectivity index (χ3v) is 5.31. The minimum atomic E-state index is -4.45. The van der Waals surface area contributed by atoms with Crippen LogP contribution in [0.25, 0.3) is 11.1 Å². The molecule has 10 heteroatoms. The van der Waals surface area contributed by atoms with Gasteiger partial charge in [0, 0.05) is 5.56 Å². The average Bonchev–Trinajstić information content (AvgIpc) is 2.56. The van der Waals surface area contributed by atoms with E-state index in [1.807, 2.05) is 0 Å². The average molecular weight is 464 g/mol. The van der Waals surface area contributed by atoms with Crippen molar-refractivity contribution in [2.45, 2.75) is 32.5 Å². The molecule has 0 saturated carbocycles. The van der Waals surface area contributed by atoms with E-state index in [0.717, 1.165) is 22.7 Å². The third-order valence-electron chi connectivity index (χ3n) is 3.86. The summed E-state index contributed by atoms with van der Waals surface area (Å²) in [7, 11) is -3.84. The first kappa shape index (κ1) is 24.0. The first-order valence-electron chi connectivity index (χ1n) is 8.75. The topological polar surface area (TPSA) is 63.7 Å². The van der Waals surface area contributed by atoms with Crippen LogP contribution < -0.4 is 4.31 Å². The summed E-state index contributed by atoms with van der Waals surface area (Å²) in [6, 6.07) is 8.66. The van der Waals surface area contributed by atoms with Gasteiger partial charge >= 0.3 is 12.1 Å². The normalized spacial score (nSPS) is 12.5. The van der Waals surface area contributed by atoms with Crippen molar-refractivity contribution in [3.05, 3.63) is 53.1 Å². The zero-order valence-electron chi connectivity index (χ0n) is 16.7. The van der Waals surface area contributed by atoms with Gasteiger partial charge in [-0.3, -0.25) is 9.10 Å². The van der Waals surface area contributed by atoms with Gasteiger partial charge in [-0.25, -0.2) is 8.42 Å². The van der Waals surface area contributed by atoms with Crippen molar-refractivity contribution in [2.75, 3.05) is 17.1 Å². The van der Waals surface area contributed by atoms with Crippen molar-refractivity contribution in [3.63, 3.8) is 0 Å². The van der Waals surface area contributed by atoms with Crippen LogP contribution >= 0.6 is 11.6 Å².